The van der Waals surface area contributed by atoms with E-state index in [9.17, 15) is 9.90 Å². The van der Waals surface area contributed by atoms with Gasteiger partial charge in [-0.2, -0.15) is 0 Å². The van der Waals surface area contributed by atoms with E-state index in [2.05, 4.69) is 0 Å². The smallest absolute Gasteiger partial charge is 0.209 e. The molecule has 1 amide bonds. The lowest BCUT2D eigenvalue weighted by atomic mass is 9.91. The largest absolute Gasteiger partial charge is 0.392 e. The number of amides is 1. The molecule has 0 aromatic carbocycles. The SMILES string of the molecule is CC.CC.CC.CC.COC(C)(C)C.NCC(O)C1CCN(C=O)CC1. The molecule has 26 heavy (non-hydrogen) atoms. The van der Waals surface area contributed by atoms with E-state index in [1.807, 2.05) is 76.2 Å². The minimum atomic E-state index is -0.390. The highest BCUT2D eigenvalue weighted by Crippen LogP contribution is 2.19. The van der Waals surface area contributed by atoms with Crippen LogP contribution in [-0.2, 0) is 9.53 Å². The monoisotopic (exact) mass is 380 g/mol. The highest BCUT2D eigenvalue weighted by atomic mass is 16.5. The molecule has 5 heteroatoms. The fraction of sp³-hybridized carbons (Fsp3) is 0.952. The van der Waals surface area contributed by atoms with Gasteiger partial charge in [0.15, 0.2) is 0 Å². The second-order valence-corrected chi connectivity index (χ2v) is 5.60. The first-order valence-corrected chi connectivity index (χ1v) is 10.5. The molecule has 0 bridgehead atoms. The Labute approximate surface area is 165 Å². The molecular weight excluding hydrogens is 328 g/mol. The maximum Gasteiger partial charge on any atom is 0.209 e. The van der Waals surface area contributed by atoms with E-state index in [0.717, 1.165) is 32.3 Å². The first kappa shape index (κ1) is 36.3. The minimum absolute atomic E-state index is 0.0417. The average molecular weight is 381 g/mol. The van der Waals surface area contributed by atoms with Crippen molar-refractivity contribution in [1.29, 1.82) is 0 Å². The van der Waals surface area contributed by atoms with E-state index in [0.29, 0.717) is 6.54 Å². The van der Waals surface area contributed by atoms with Crippen LogP contribution in [0.1, 0.15) is 89.0 Å². The molecule has 1 aliphatic rings. The second kappa shape index (κ2) is 29.1. The van der Waals surface area contributed by atoms with Crippen LogP contribution in [0.3, 0.4) is 0 Å². The molecule has 5 nitrogen and oxygen atoms in total. The van der Waals surface area contributed by atoms with E-state index in [4.69, 9.17) is 10.5 Å². The minimum Gasteiger partial charge on any atom is -0.392 e. The number of hydrogen-bond acceptors (Lipinski definition) is 4. The molecule has 0 spiro atoms. The Morgan fingerprint density at radius 3 is 1.54 bits per heavy atom. The van der Waals surface area contributed by atoms with Gasteiger partial charge in [-0.3, -0.25) is 4.79 Å². The van der Waals surface area contributed by atoms with Crippen molar-refractivity contribution in [3.63, 3.8) is 0 Å². The predicted octanol–water partition coefficient (Wildman–Crippen LogP) is 4.71. The summed E-state index contributed by atoms with van der Waals surface area (Å²) in [5.41, 5.74) is 5.38. The lowest BCUT2D eigenvalue weighted by Crippen LogP contribution is -2.39. The van der Waals surface area contributed by atoms with Gasteiger partial charge in [-0.1, -0.05) is 55.4 Å². The zero-order valence-electron chi connectivity index (χ0n) is 20.1. The van der Waals surface area contributed by atoms with Crippen LogP contribution in [-0.4, -0.2) is 54.9 Å². The highest BCUT2D eigenvalue weighted by molar-refractivity contribution is 5.47. The summed E-state index contributed by atoms with van der Waals surface area (Å²) in [6.07, 6.45) is 2.22. The first-order chi connectivity index (χ1) is 12.3. The Kier molecular flexibility index (Phi) is 40.7. The molecule has 0 aliphatic carbocycles. The molecule has 1 unspecified atom stereocenters. The predicted molar refractivity (Wildman–Crippen MR) is 118 cm³/mol. The van der Waals surface area contributed by atoms with Gasteiger partial charge in [-0.05, 0) is 39.5 Å². The number of hydrogen-bond donors (Lipinski definition) is 2. The number of aliphatic hydroxyl groups is 1. The van der Waals surface area contributed by atoms with E-state index in [1.165, 1.54) is 0 Å². The summed E-state index contributed by atoms with van der Waals surface area (Å²) in [6.45, 7) is 23.9. The number of ether oxygens (including phenoxy) is 1. The third-order valence-corrected chi connectivity index (χ3v) is 3.12. The third kappa shape index (κ3) is 28.2. The standard InChI is InChI=1S/C8H16N2O2.C5H12O.4C2H6/c9-5-8(12)7-1-3-10(6-11)4-2-7;1-5(2,3)6-4;4*1-2/h6-8,12H,1-5,9H2;1-4H3;4*1-2H3. The average Bonchev–Trinajstić information content (AvgIpc) is 2.73. The van der Waals surface area contributed by atoms with Crippen molar-refractivity contribution in [2.45, 2.75) is 101 Å². The van der Waals surface area contributed by atoms with Gasteiger partial charge < -0.3 is 20.5 Å². The Hall–Kier alpha value is -0.650. The van der Waals surface area contributed by atoms with Gasteiger partial charge in [0.2, 0.25) is 6.41 Å². The van der Waals surface area contributed by atoms with Gasteiger partial charge in [0.25, 0.3) is 0 Å². The van der Waals surface area contributed by atoms with Gasteiger partial charge in [-0.15, -0.1) is 0 Å². The van der Waals surface area contributed by atoms with Gasteiger partial charge >= 0.3 is 0 Å². The van der Waals surface area contributed by atoms with Crippen LogP contribution in [0.15, 0.2) is 0 Å². The summed E-state index contributed by atoms with van der Waals surface area (Å²) in [5.74, 6) is 0.284. The van der Waals surface area contributed by atoms with Crippen molar-refractivity contribution < 1.29 is 14.6 Å². The topological polar surface area (TPSA) is 75.8 Å². The van der Waals surface area contributed by atoms with Crippen molar-refractivity contribution in [3.8, 4) is 0 Å². The van der Waals surface area contributed by atoms with Gasteiger partial charge in [0.05, 0.1) is 11.7 Å². The number of nitrogens with zero attached hydrogens (tertiary/aromatic N) is 1. The fourth-order valence-corrected chi connectivity index (χ4v) is 1.60. The Morgan fingerprint density at radius 1 is 1.04 bits per heavy atom. The van der Waals surface area contributed by atoms with Crippen molar-refractivity contribution in [1.82, 2.24) is 4.90 Å². The number of aliphatic hydroxyl groups excluding tert-OH is 1. The molecule has 1 fully saturated rings. The molecule has 1 rings (SSSR count). The molecular formula is C21H52N2O3. The zero-order chi connectivity index (χ0) is 22.2. The number of likely N-dealkylation sites (tertiary alicyclic amines) is 1. The summed E-state index contributed by atoms with van der Waals surface area (Å²) in [7, 11) is 1.71. The lowest BCUT2D eigenvalue weighted by molar-refractivity contribution is -0.119. The molecule has 0 aromatic rings. The Bertz CT molecular complexity index is 224. The maximum atomic E-state index is 10.3. The molecule has 3 N–H and O–H groups in total. The van der Waals surface area contributed by atoms with Gasteiger partial charge in [-0.25, -0.2) is 0 Å². The van der Waals surface area contributed by atoms with E-state index in [-0.39, 0.29) is 17.6 Å². The molecule has 1 heterocycles. The Morgan fingerprint density at radius 2 is 1.35 bits per heavy atom. The molecule has 0 aromatic heterocycles. The molecule has 1 saturated heterocycles. The molecule has 1 atom stereocenters. The van der Waals surface area contributed by atoms with Crippen molar-refractivity contribution in [3.05, 3.63) is 0 Å². The van der Waals surface area contributed by atoms with Crippen LogP contribution in [0.25, 0.3) is 0 Å². The van der Waals surface area contributed by atoms with Crippen molar-refractivity contribution in [2.75, 3.05) is 26.7 Å². The van der Waals surface area contributed by atoms with Crippen LogP contribution in [0.5, 0.6) is 0 Å². The van der Waals surface area contributed by atoms with E-state index >= 15 is 0 Å². The van der Waals surface area contributed by atoms with Crippen molar-refractivity contribution >= 4 is 6.41 Å². The first-order valence-electron chi connectivity index (χ1n) is 10.5. The van der Waals surface area contributed by atoms with E-state index < -0.39 is 0 Å². The summed E-state index contributed by atoms with van der Waals surface area (Å²) in [5, 5.41) is 9.41. The van der Waals surface area contributed by atoms with Crippen molar-refractivity contribution in [2.24, 2.45) is 11.7 Å². The van der Waals surface area contributed by atoms with Crippen LogP contribution < -0.4 is 5.73 Å². The fourth-order valence-electron chi connectivity index (χ4n) is 1.60. The Balaban J connectivity index is -0.0000000892. The highest BCUT2D eigenvalue weighted by Gasteiger charge is 2.23. The van der Waals surface area contributed by atoms with Crippen LogP contribution in [0, 0.1) is 5.92 Å². The molecule has 0 saturated carbocycles. The number of carbonyl (C=O) groups excluding carboxylic acids is 1. The van der Waals surface area contributed by atoms with Crippen LogP contribution >= 0.6 is 0 Å². The number of methoxy groups -OCH3 is 1. The number of nitrogens with two attached hydrogens (primary N) is 1. The van der Waals surface area contributed by atoms with Gasteiger partial charge in [0, 0.05) is 26.7 Å². The lowest BCUT2D eigenvalue weighted by Gasteiger charge is -2.31. The number of rotatable bonds is 3. The molecule has 1 aliphatic heterocycles. The second-order valence-electron chi connectivity index (χ2n) is 5.60. The normalized spacial score (nSPS) is 14.0. The summed E-state index contributed by atoms with van der Waals surface area (Å²) in [6, 6.07) is 0. The summed E-state index contributed by atoms with van der Waals surface area (Å²) in [4.78, 5) is 12.1. The van der Waals surface area contributed by atoms with Crippen LogP contribution in [0.4, 0.5) is 0 Å². The van der Waals surface area contributed by atoms with E-state index in [1.54, 1.807) is 12.0 Å². The summed E-state index contributed by atoms with van der Waals surface area (Å²) >= 11 is 0. The molecule has 164 valence electrons. The van der Waals surface area contributed by atoms with Gasteiger partial charge in [0.1, 0.15) is 0 Å². The van der Waals surface area contributed by atoms with Crippen LogP contribution in [0.2, 0.25) is 0 Å². The maximum absolute atomic E-state index is 10.3. The number of carbonyl (C=O) groups is 1. The number of piperidine rings is 1. The quantitative estimate of drug-likeness (QED) is 0.695. The third-order valence-electron chi connectivity index (χ3n) is 3.12. The molecule has 0 radical (unpaired) electrons. The summed E-state index contributed by atoms with van der Waals surface area (Å²) < 4.78 is 4.94. The zero-order valence-corrected chi connectivity index (χ0v) is 20.1.